The van der Waals surface area contributed by atoms with Crippen molar-refractivity contribution in [2.75, 3.05) is 31.7 Å². The summed E-state index contributed by atoms with van der Waals surface area (Å²) in [6.07, 6.45) is 0. The van der Waals surface area contributed by atoms with E-state index in [-0.39, 0.29) is 5.78 Å². The number of carbonyl (C=O) groups is 1. The normalized spacial score (nSPS) is 15.3. The fourth-order valence-electron chi connectivity index (χ4n) is 2.76. The molecule has 0 aromatic heterocycles. The van der Waals surface area contributed by atoms with Gasteiger partial charge < -0.3 is 4.74 Å². The van der Waals surface area contributed by atoms with Crippen molar-refractivity contribution in [1.82, 2.24) is 4.90 Å². The van der Waals surface area contributed by atoms with Crippen LogP contribution in [0.3, 0.4) is 0 Å². The third-order valence-corrected chi connectivity index (χ3v) is 4.97. The Hall–Kier alpha value is -1.78. The van der Waals surface area contributed by atoms with Crippen molar-refractivity contribution in [3.05, 3.63) is 65.2 Å². The minimum absolute atomic E-state index is 0.0416. The minimum atomic E-state index is 0.0416. The van der Waals surface area contributed by atoms with Crippen molar-refractivity contribution in [2.24, 2.45) is 0 Å². The van der Waals surface area contributed by atoms with Gasteiger partial charge in [0.25, 0.3) is 0 Å². The summed E-state index contributed by atoms with van der Waals surface area (Å²) in [5.41, 5.74) is 2.60. The number of carbonyl (C=O) groups excluding carboxylic acids is 1. The fraction of sp³-hybridized carbons (Fsp3) is 0.316. The van der Waals surface area contributed by atoms with Crippen LogP contribution in [0.4, 0.5) is 0 Å². The SMILES string of the molecule is COc1cccc(C(=O)c2cccc(CN3CCSCC3)c2)c1. The molecule has 1 aliphatic rings. The maximum absolute atomic E-state index is 12.7. The molecule has 0 amide bonds. The topological polar surface area (TPSA) is 29.5 Å². The molecule has 3 nitrogen and oxygen atoms in total. The van der Waals surface area contributed by atoms with Crippen LogP contribution >= 0.6 is 11.8 Å². The van der Waals surface area contributed by atoms with Crippen LogP contribution in [0.2, 0.25) is 0 Å². The summed E-state index contributed by atoms with van der Waals surface area (Å²) in [4.78, 5) is 15.1. The molecule has 120 valence electrons. The van der Waals surface area contributed by atoms with Gasteiger partial charge in [-0.2, -0.15) is 11.8 Å². The van der Waals surface area contributed by atoms with E-state index >= 15 is 0 Å². The Morgan fingerprint density at radius 3 is 2.52 bits per heavy atom. The van der Waals surface area contributed by atoms with E-state index in [0.717, 1.165) is 25.2 Å². The van der Waals surface area contributed by atoms with E-state index in [0.29, 0.717) is 11.3 Å². The Balaban J connectivity index is 1.76. The van der Waals surface area contributed by atoms with Crippen LogP contribution in [0, 0.1) is 0 Å². The first-order valence-corrected chi connectivity index (χ1v) is 8.99. The van der Waals surface area contributed by atoms with Crippen molar-refractivity contribution in [2.45, 2.75) is 6.54 Å². The van der Waals surface area contributed by atoms with Gasteiger partial charge in [0.2, 0.25) is 0 Å². The summed E-state index contributed by atoms with van der Waals surface area (Å²) in [5, 5.41) is 0. The van der Waals surface area contributed by atoms with Crippen LogP contribution in [0.15, 0.2) is 48.5 Å². The molecule has 0 unspecified atom stereocenters. The maximum atomic E-state index is 12.7. The van der Waals surface area contributed by atoms with E-state index in [1.165, 1.54) is 17.1 Å². The van der Waals surface area contributed by atoms with Crippen LogP contribution in [-0.2, 0) is 6.54 Å². The lowest BCUT2D eigenvalue weighted by molar-refractivity contribution is 0.103. The molecule has 4 heteroatoms. The first-order chi connectivity index (χ1) is 11.3. The maximum Gasteiger partial charge on any atom is 0.193 e. The number of rotatable bonds is 5. The predicted molar refractivity (Wildman–Crippen MR) is 95.5 cm³/mol. The number of benzene rings is 2. The monoisotopic (exact) mass is 327 g/mol. The number of nitrogens with zero attached hydrogens (tertiary/aromatic N) is 1. The Bertz CT molecular complexity index is 681. The van der Waals surface area contributed by atoms with E-state index in [2.05, 4.69) is 11.0 Å². The molecular weight excluding hydrogens is 306 g/mol. The van der Waals surface area contributed by atoms with Crippen LogP contribution < -0.4 is 4.74 Å². The molecule has 2 aromatic rings. The highest BCUT2D eigenvalue weighted by atomic mass is 32.2. The molecular formula is C19H21NO2S. The van der Waals surface area contributed by atoms with Crippen LogP contribution in [0.25, 0.3) is 0 Å². The molecule has 0 atom stereocenters. The van der Waals surface area contributed by atoms with Crippen molar-refractivity contribution >= 4 is 17.5 Å². The second kappa shape index (κ2) is 7.66. The van der Waals surface area contributed by atoms with Gasteiger partial charge in [0.15, 0.2) is 5.78 Å². The van der Waals surface area contributed by atoms with Crippen molar-refractivity contribution in [3.63, 3.8) is 0 Å². The Morgan fingerprint density at radius 1 is 1.09 bits per heavy atom. The van der Waals surface area contributed by atoms with E-state index in [1.807, 2.05) is 48.2 Å². The van der Waals surface area contributed by atoms with Gasteiger partial charge in [-0.3, -0.25) is 9.69 Å². The summed E-state index contributed by atoms with van der Waals surface area (Å²) in [5.74, 6) is 3.14. The molecule has 2 aromatic carbocycles. The Morgan fingerprint density at radius 2 is 1.78 bits per heavy atom. The smallest absolute Gasteiger partial charge is 0.193 e. The van der Waals surface area contributed by atoms with Gasteiger partial charge in [0.05, 0.1) is 7.11 Å². The summed E-state index contributed by atoms with van der Waals surface area (Å²) >= 11 is 2.01. The zero-order valence-electron chi connectivity index (χ0n) is 13.3. The number of ether oxygens (including phenoxy) is 1. The Labute approximate surface area is 141 Å². The van der Waals surface area contributed by atoms with Gasteiger partial charge in [-0.25, -0.2) is 0 Å². The number of ketones is 1. The molecule has 1 aliphatic heterocycles. The molecule has 1 heterocycles. The van der Waals surface area contributed by atoms with Gasteiger partial charge >= 0.3 is 0 Å². The van der Waals surface area contributed by atoms with Crippen LogP contribution in [0.5, 0.6) is 5.75 Å². The third-order valence-electron chi connectivity index (χ3n) is 4.03. The standard InChI is InChI=1S/C19H21NO2S/c1-22-18-7-3-6-17(13-18)19(21)16-5-2-4-15(12-16)14-20-8-10-23-11-9-20/h2-7,12-13H,8-11,14H2,1H3. The zero-order valence-corrected chi connectivity index (χ0v) is 14.1. The molecule has 0 spiro atoms. The lowest BCUT2D eigenvalue weighted by Crippen LogP contribution is -2.31. The first kappa shape index (κ1) is 16.1. The number of hydrogen-bond donors (Lipinski definition) is 0. The number of hydrogen-bond acceptors (Lipinski definition) is 4. The van der Waals surface area contributed by atoms with E-state index in [9.17, 15) is 4.79 Å². The molecule has 23 heavy (non-hydrogen) atoms. The lowest BCUT2D eigenvalue weighted by Gasteiger charge is -2.26. The quantitative estimate of drug-likeness (QED) is 0.787. The summed E-state index contributed by atoms with van der Waals surface area (Å²) < 4.78 is 5.20. The fourth-order valence-corrected chi connectivity index (χ4v) is 3.74. The van der Waals surface area contributed by atoms with Crippen molar-refractivity contribution in [3.8, 4) is 5.75 Å². The average molecular weight is 327 g/mol. The molecule has 1 fully saturated rings. The molecule has 0 radical (unpaired) electrons. The number of thioether (sulfide) groups is 1. The molecule has 0 saturated carbocycles. The zero-order chi connectivity index (χ0) is 16.1. The highest BCUT2D eigenvalue weighted by Gasteiger charge is 2.13. The lowest BCUT2D eigenvalue weighted by atomic mass is 10.0. The molecule has 1 saturated heterocycles. The predicted octanol–water partition coefficient (Wildman–Crippen LogP) is 3.48. The number of methoxy groups -OCH3 is 1. The first-order valence-electron chi connectivity index (χ1n) is 7.84. The summed E-state index contributed by atoms with van der Waals surface area (Å²) in [7, 11) is 1.61. The molecule has 0 aliphatic carbocycles. The average Bonchev–Trinajstić information content (AvgIpc) is 2.62. The largest absolute Gasteiger partial charge is 0.497 e. The minimum Gasteiger partial charge on any atom is -0.497 e. The highest BCUT2D eigenvalue weighted by molar-refractivity contribution is 7.99. The van der Waals surface area contributed by atoms with Gasteiger partial charge in [-0.1, -0.05) is 30.3 Å². The van der Waals surface area contributed by atoms with Crippen LogP contribution in [-0.4, -0.2) is 42.4 Å². The van der Waals surface area contributed by atoms with Gasteiger partial charge in [0, 0.05) is 42.3 Å². The van der Waals surface area contributed by atoms with Crippen LogP contribution in [0.1, 0.15) is 21.5 Å². The van der Waals surface area contributed by atoms with Gasteiger partial charge in [-0.15, -0.1) is 0 Å². The molecule has 0 N–H and O–H groups in total. The summed E-state index contributed by atoms with van der Waals surface area (Å²) in [6, 6.07) is 15.3. The van der Waals surface area contributed by atoms with Crippen molar-refractivity contribution in [1.29, 1.82) is 0 Å². The van der Waals surface area contributed by atoms with E-state index in [4.69, 9.17) is 4.74 Å². The van der Waals surface area contributed by atoms with E-state index < -0.39 is 0 Å². The van der Waals surface area contributed by atoms with Gasteiger partial charge in [0.1, 0.15) is 5.75 Å². The second-order valence-corrected chi connectivity index (χ2v) is 6.87. The summed E-state index contributed by atoms with van der Waals surface area (Å²) in [6.45, 7) is 3.16. The second-order valence-electron chi connectivity index (χ2n) is 5.65. The van der Waals surface area contributed by atoms with Gasteiger partial charge in [-0.05, 0) is 23.8 Å². The third kappa shape index (κ3) is 4.15. The highest BCUT2D eigenvalue weighted by Crippen LogP contribution is 2.18. The van der Waals surface area contributed by atoms with Crippen molar-refractivity contribution < 1.29 is 9.53 Å². The molecule has 0 bridgehead atoms. The Kier molecular flexibility index (Phi) is 5.36. The van der Waals surface area contributed by atoms with E-state index in [1.54, 1.807) is 13.2 Å². The molecule has 3 rings (SSSR count).